The van der Waals surface area contributed by atoms with Gasteiger partial charge in [-0.3, -0.25) is 4.79 Å². The number of nitrogens with zero attached hydrogens (tertiary/aromatic N) is 2. The zero-order valence-corrected chi connectivity index (χ0v) is 13.3. The summed E-state index contributed by atoms with van der Waals surface area (Å²) < 4.78 is 2.20. The fourth-order valence-corrected chi connectivity index (χ4v) is 4.32. The van der Waals surface area contributed by atoms with Crippen molar-refractivity contribution in [1.82, 2.24) is 9.88 Å². The van der Waals surface area contributed by atoms with Crippen LogP contribution < -0.4 is 5.32 Å². The lowest BCUT2D eigenvalue weighted by molar-refractivity contribution is -0.120. The Labute approximate surface area is 137 Å². The van der Waals surface area contributed by atoms with Gasteiger partial charge in [0.1, 0.15) is 0 Å². The molecule has 1 unspecified atom stereocenters. The van der Waals surface area contributed by atoms with E-state index in [0.717, 1.165) is 35.0 Å². The molecule has 0 saturated carbocycles. The number of nitrogens with one attached hydrogen (secondary N) is 1. The molecule has 0 saturated heterocycles. The second kappa shape index (κ2) is 4.91. The molecule has 0 bridgehead atoms. The molecule has 0 aliphatic carbocycles. The maximum atomic E-state index is 12.0. The molecule has 1 aromatic heterocycles. The van der Waals surface area contributed by atoms with Gasteiger partial charge < -0.3 is 9.88 Å². The minimum Gasteiger partial charge on any atom is -0.355 e. The number of halogens is 2. The molecule has 1 amide bonds. The molecular formula is C16H13Cl2N3O. The lowest BCUT2D eigenvalue weighted by atomic mass is 9.96. The largest absolute Gasteiger partial charge is 0.355 e. The number of amides is 1. The van der Waals surface area contributed by atoms with Crippen LogP contribution in [0.1, 0.15) is 29.2 Å². The van der Waals surface area contributed by atoms with E-state index in [1.807, 2.05) is 0 Å². The minimum atomic E-state index is 0.0266. The van der Waals surface area contributed by atoms with Crippen LogP contribution in [0.5, 0.6) is 0 Å². The molecule has 2 aromatic rings. The number of nitriles is 1. The normalized spacial score (nSPS) is 19.7. The Kier molecular flexibility index (Phi) is 3.11. The molecule has 0 fully saturated rings. The summed E-state index contributed by atoms with van der Waals surface area (Å²) in [4.78, 5) is 12.0. The molecule has 1 atom stereocenters. The monoisotopic (exact) mass is 333 g/mol. The maximum absolute atomic E-state index is 12.0. The first-order valence-corrected chi connectivity index (χ1v) is 8.03. The summed E-state index contributed by atoms with van der Waals surface area (Å²) in [5, 5.41) is 14.0. The Morgan fingerprint density at radius 3 is 3.05 bits per heavy atom. The van der Waals surface area contributed by atoms with Crippen molar-refractivity contribution in [2.75, 3.05) is 6.54 Å². The molecule has 2 aliphatic rings. The lowest BCUT2D eigenvalue weighted by Crippen LogP contribution is -2.25. The van der Waals surface area contributed by atoms with E-state index in [-0.39, 0.29) is 12.3 Å². The van der Waals surface area contributed by atoms with Crippen molar-refractivity contribution in [3.05, 3.63) is 32.9 Å². The van der Waals surface area contributed by atoms with Crippen LogP contribution in [-0.4, -0.2) is 17.0 Å². The van der Waals surface area contributed by atoms with Crippen molar-refractivity contribution in [2.45, 2.75) is 31.7 Å². The molecular weight excluding hydrogens is 321 g/mol. The summed E-state index contributed by atoms with van der Waals surface area (Å²) in [5.74, 6) is 0.345. The smallest absolute Gasteiger partial charge is 0.224 e. The van der Waals surface area contributed by atoms with E-state index >= 15 is 0 Å². The molecule has 0 radical (unpaired) electrons. The number of aromatic nitrogens is 1. The van der Waals surface area contributed by atoms with Gasteiger partial charge in [0, 0.05) is 30.1 Å². The Morgan fingerprint density at radius 1 is 1.45 bits per heavy atom. The average Bonchev–Trinajstić information content (AvgIpc) is 2.97. The van der Waals surface area contributed by atoms with Crippen molar-refractivity contribution < 1.29 is 4.79 Å². The third-order valence-electron chi connectivity index (χ3n) is 4.69. The van der Waals surface area contributed by atoms with Crippen LogP contribution in [0.4, 0.5) is 0 Å². The van der Waals surface area contributed by atoms with E-state index in [1.54, 1.807) is 6.07 Å². The van der Waals surface area contributed by atoms with E-state index in [1.165, 1.54) is 5.69 Å². The summed E-state index contributed by atoms with van der Waals surface area (Å²) in [6.07, 6.45) is 1.59. The Bertz CT molecular complexity index is 863. The van der Waals surface area contributed by atoms with Gasteiger partial charge in [-0.1, -0.05) is 23.2 Å². The summed E-state index contributed by atoms with van der Waals surface area (Å²) >= 11 is 12.7. The van der Waals surface area contributed by atoms with E-state index in [9.17, 15) is 4.79 Å². The van der Waals surface area contributed by atoms with Gasteiger partial charge in [0.15, 0.2) is 0 Å². The predicted octanol–water partition coefficient (Wildman–Crippen LogP) is 3.17. The highest BCUT2D eigenvalue weighted by Crippen LogP contribution is 2.45. The summed E-state index contributed by atoms with van der Waals surface area (Å²) in [5.41, 5.74) is 3.96. The zero-order valence-electron chi connectivity index (χ0n) is 11.7. The molecule has 4 nitrogen and oxygen atoms in total. The Hall–Kier alpha value is -1.70. The summed E-state index contributed by atoms with van der Waals surface area (Å²) in [6.45, 7) is 1.54. The van der Waals surface area contributed by atoms with Crippen LogP contribution in [0.2, 0.25) is 10.0 Å². The van der Waals surface area contributed by atoms with Gasteiger partial charge in [0.2, 0.25) is 5.91 Å². The molecule has 4 rings (SSSR count). The van der Waals surface area contributed by atoms with E-state index in [0.29, 0.717) is 28.9 Å². The SMILES string of the molecule is N#CCc1cc(Cl)c(Cl)c2c1c1c3n2CCC3CNC(=O)C1. The minimum absolute atomic E-state index is 0.0266. The van der Waals surface area contributed by atoms with Gasteiger partial charge in [0.25, 0.3) is 0 Å². The molecule has 2 aliphatic heterocycles. The van der Waals surface area contributed by atoms with Crippen LogP contribution in [0.25, 0.3) is 10.9 Å². The number of hydrogen-bond donors (Lipinski definition) is 1. The molecule has 6 heteroatoms. The fourth-order valence-electron chi connectivity index (χ4n) is 3.85. The van der Waals surface area contributed by atoms with Crippen molar-refractivity contribution in [3.8, 4) is 6.07 Å². The molecule has 1 aromatic carbocycles. The highest BCUT2D eigenvalue weighted by atomic mass is 35.5. The highest BCUT2D eigenvalue weighted by molar-refractivity contribution is 6.45. The van der Waals surface area contributed by atoms with Crippen LogP contribution in [0.3, 0.4) is 0 Å². The van der Waals surface area contributed by atoms with Gasteiger partial charge >= 0.3 is 0 Å². The molecule has 3 heterocycles. The van der Waals surface area contributed by atoms with E-state index < -0.39 is 0 Å². The predicted molar refractivity (Wildman–Crippen MR) is 85.3 cm³/mol. The second-order valence-electron chi connectivity index (χ2n) is 5.87. The van der Waals surface area contributed by atoms with Crippen molar-refractivity contribution >= 4 is 40.0 Å². The number of aryl methyl sites for hydroxylation is 1. The van der Waals surface area contributed by atoms with Crippen LogP contribution in [-0.2, 0) is 24.2 Å². The topological polar surface area (TPSA) is 57.8 Å². The van der Waals surface area contributed by atoms with Crippen LogP contribution in [0.15, 0.2) is 6.07 Å². The van der Waals surface area contributed by atoms with E-state index in [2.05, 4.69) is 16.0 Å². The van der Waals surface area contributed by atoms with Crippen molar-refractivity contribution in [3.63, 3.8) is 0 Å². The van der Waals surface area contributed by atoms with Gasteiger partial charge in [-0.25, -0.2) is 0 Å². The number of carbonyl (C=O) groups excluding carboxylic acids is 1. The zero-order chi connectivity index (χ0) is 15.4. The molecule has 1 N–H and O–H groups in total. The number of carbonyl (C=O) groups is 1. The molecule has 22 heavy (non-hydrogen) atoms. The van der Waals surface area contributed by atoms with Gasteiger partial charge in [0.05, 0.1) is 34.5 Å². The first-order chi connectivity index (χ1) is 10.6. The standard InChI is InChI=1S/C16H13Cl2N3O/c17-11-5-8(1-3-19)13-10-6-12(22)20-7-9-2-4-21(15(9)10)16(13)14(11)18/h5,9H,1-2,4,6-7H2,(H,20,22). The van der Waals surface area contributed by atoms with Gasteiger partial charge in [-0.05, 0) is 23.6 Å². The van der Waals surface area contributed by atoms with Gasteiger partial charge in [-0.15, -0.1) is 0 Å². The quantitative estimate of drug-likeness (QED) is 0.871. The Balaban J connectivity index is 2.14. The molecule has 0 spiro atoms. The Morgan fingerprint density at radius 2 is 2.27 bits per heavy atom. The first kappa shape index (κ1) is 13.9. The number of fused-ring (bicyclic) bond motifs is 3. The third-order valence-corrected chi connectivity index (χ3v) is 5.47. The van der Waals surface area contributed by atoms with Gasteiger partial charge in [-0.2, -0.15) is 5.26 Å². The van der Waals surface area contributed by atoms with E-state index in [4.69, 9.17) is 28.5 Å². The van der Waals surface area contributed by atoms with Crippen LogP contribution in [0, 0.1) is 11.3 Å². The number of rotatable bonds is 1. The summed E-state index contributed by atoms with van der Waals surface area (Å²) in [6, 6.07) is 3.95. The first-order valence-electron chi connectivity index (χ1n) is 7.27. The number of benzene rings is 1. The molecule has 112 valence electrons. The summed E-state index contributed by atoms with van der Waals surface area (Å²) in [7, 11) is 0. The highest BCUT2D eigenvalue weighted by Gasteiger charge is 2.34. The fraction of sp³-hybridized carbons (Fsp3) is 0.375. The lowest BCUT2D eigenvalue weighted by Gasteiger charge is -2.08. The van der Waals surface area contributed by atoms with Crippen LogP contribution >= 0.6 is 23.2 Å². The van der Waals surface area contributed by atoms with Crippen molar-refractivity contribution in [2.24, 2.45) is 0 Å². The van der Waals surface area contributed by atoms with Crippen molar-refractivity contribution in [1.29, 1.82) is 5.26 Å². The maximum Gasteiger partial charge on any atom is 0.224 e. The number of hydrogen-bond acceptors (Lipinski definition) is 2. The average molecular weight is 334 g/mol. The third kappa shape index (κ3) is 1.79. The second-order valence-corrected chi connectivity index (χ2v) is 6.66.